The molecule has 116 valence electrons. The van der Waals surface area contributed by atoms with E-state index in [1.54, 1.807) is 0 Å². The molecule has 5 nitrogen and oxygen atoms in total. The number of aliphatic carboxylic acids is 1. The molecule has 1 aromatic heterocycles. The van der Waals surface area contributed by atoms with E-state index >= 15 is 0 Å². The van der Waals surface area contributed by atoms with Crippen molar-refractivity contribution in [2.45, 2.75) is 46.0 Å². The van der Waals surface area contributed by atoms with Crippen LogP contribution in [-0.2, 0) is 9.59 Å². The van der Waals surface area contributed by atoms with Gasteiger partial charge in [-0.15, -0.1) is 11.3 Å². The van der Waals surface area contributed by atoms with Gasteiger partial charge >= 0.3 is 5.97 Å². The van der Waals surface area contributed by atoms with Crippen LogP contribution in [0.5, 0.6) is 0 Å². The second kappa shape index (κ2) is 6.56. The Morgan fingerprint density at radius 3 is 2.62 bits per heavy atom. The normalized spacial score (nSPS) is 25.2. The molecule has 2 rings (SSSR count). The van der Waals surface area contributed by atoms with Gasteiger partial charge in [-0.2, -0.15) is 0 Å². The maximum absolute atomic E-state index is 12.4. The second-order valence-electron chi connectivity index (χ2n) is 6.02. The Balaban J connectivity index is 2.05. The number of nitrogens with zero attached hydrogens (tertiary/aromatic N) is 1. The minimum Gasteiger partial charge on any atom is -0.481 e. The van der Waals surface area contributed by atoms with Gasteiger partial charge in [0.05, 0.1) is 17.5 Å². The van der Waals surface area contributed by atoms with Crippen LogP contribution in [0.1, 0.15) is 51.6 Å². The maximum Gasteiger partial charge on any atom is 0.307 e. The zero-order valence-electron chi connectivity index (χ0n) is 12.6. The van der Waals surface area contributed by atoms with Crippen molar-refractivity contribution < 1.29 is 14.7 Å². The Bertz CT molecular complexity index is 527. The van der Waals surface area contributed by atoms with Gasteiger partial charge in [-0.05, 0) is 24.7 Å². The highest BCUT2D eigenvalue weighted by molar-refractivity contribution is 7.13. The molecule has 0 radical (unpaired) electrons. The van der Waals surface area contributed by atoms with Gasteiger partial charge in [0.2, 0.25) is 5.91 Å². The van der Waals surface area contributed by atoms with E-state index in [0.717, 1.165) is 12.1 Å². The number of carboxylic acid groups (broad SMARTS) is 1. The first-order chi connectivity index (χ1) is 9.92. The van der Waals surface area contributed by atoms with Crippen molar-refractivity contribution in [3.8, 4) is 0 Å². The summed E-state index contributed by atoms with van der Waals surface area (Å²) in [7, 11) is 0. The SMILES string of the molecule is CCC1CC(C(=O)O)C(C(=O)Nc2nc(C(C)C)cs2)C1. The van der Waals surface area contributed by atoms with Gasteiger partial charge < -0.3 is 10.4 Å². The molecule has 1 fully saturated rings. The van der Waals surface area contributed by atoms with Crippen molar-refractivity contribution in [1.29, 1.82) is 0 Å². The van der Waals surface area contributed by atoms with E-state index in [-0.39, 0.29) is 5.91 Å². The summed E-state index contributed by atoms with van der Waals surface area (Å²) in [6.45, 7) is 6.13. The largest absolute Gasteiger partial charge is 0.481 e. The molecule has 0 saturated heterocycles. The molecular formula is C15H22N2O3S. The van der Waals surface area contributed by atoms with Crippen molar-refractivity contribution in [1.82, 2.24) is 4.98 Å². The highest BCUT2D eigenvalue weighted by Gasteiger charge is 2.42. The van der Waals surface area contributed by atoms with Crippen molar-refractivity contribution in [2.24, 2.45) is 17.8 Å². The summed E-state index contributed by atoms with van der Waals surface area (Å²) >= 11 is 1.39. The molecule has 0 aromatic carbocycles. The fourth-order valence-corrected chi connectivity index (χ4v) is 3.72. The third kappa shape index (κ3) is 3.61. The molecule has 2 N–H and O–H groups in total. The van der Waals surface area contributed by atoms with E-state index in [2.05, 4.69) is 10.3 Å². The van der Waals surface area contributed by atoms with Crippen LogP contribution in [-0.4, -0.2) is 22.0 Å². The summed E-state index contributed by atoms with van der Waals surface area (Å²) in [6.07, 6.45) is 2.17. The lowest BCUT2D eigenvalue weighted by Gasteiger charge is -2.14. The first kappa shape index (κ1) is 15.9. The number of aromatic nitrogens is 1. The molecule has 1 saturated carbocycles. The monoisotopic (exact) mass is 310 g/mol. The lowest BCUT2D eigenvalue weighted by Crippen LogP contribution is -2.29. The van der Waals surface area contributed by atoms with Crippen molar-refractivity contribution >= 4 is 28.3 Å². The minimum absolute atomic E-state index is 0.206. The summed E-state index contributed by atoms with van der Waals surface area (Å²) in [5, 5.41) is 14.6. The van der Waals surface area contributed by atoms with Crippen molar-refractivity contribution in [2.75, 3.05) is 5.32 Å². The standard InChI is InChI=1S/C15H22N2O3S/c1-4-9-5-10(11(6-9)14(19)20)13(18)17-15-16-12(7-21-15)8(2)3/h7-11H,4-6H2,1-3H3,(H,19,20)(H,16,17,18). The number of hydrogen-bond donors (Lipinski definition) is 2. The summed E-state index contributed by atoms with van der Waals surface area (Å²) < 4.78 is 0. The van der Waals surface area contributed by atoms with Gasteiger partial charge in [0.1, 0.15) is 0 Å². The number of carbonyl (C=O) groups is 2. The fourth-order valence-electron chi connectivity index (χ4n) is 2.85. The Kier molecular flexibility index (Phi) is 4.98. The van der Waals surface area contributed by atoms with Gasteiger partial charge in [0.15, 0.2) is 5.13 Å². The van der Waals surface area contributed by atoms with E-state index in [4.69, 9.17) is 0 Å². The van der Waals surface area contributed by atoms with E-state index in [1.165, 1.54) is 11.3 Å². The Labute approximate surface area is 128 Å². The van der Waals surface area contributed by atoms with Crippen LogP contribution >= 0.6 is 11.3 Å². The molecule has 3 unspecified atom stereocenters. The summed E-state index contributed by atoms with van der Waals surface area (Å²) in [5.41, 5.74) is 0.947. The Morgan fingerprint density at radius 2 is 2.10 bits per heavy atom. The zero-order chi connectivity index (χ0) is 15.6. The third-order valence-corrected chi connectivity index (χ3v) is 5.01. The number of amides is 1. The van der Waals surface area contributed by atoms with Crippen LogP contribution in [0.2, 0.25) is 0 Å². The first-order valence-electron chi connectivity index (χ1n) is 7.41. The average Bonchev–Trinajstić information content (AvgIpc) is 3.04. The number of thiazole rings is 1. The van der Waals surface area contributed by atoms with E-state index < -0.39 is 17.8 Å². The number of carbonyl (C=O) groups excluding carboxylic acids is 1. The Hall–Kier alpha value is -1.43. The minimum atomic E-state index is -0.867. The van der Waals surface area contributed by atoms with E-state index in [1.807, 2.05) is 26.2 Å². The van der Waals surface area contributed by atoms with Crippen molar-refractivity contribution in [3.05, 3.63) is 11.1 Å². The number of rotatable bonds is 5. The van der Waals surface area contributed by atoms with Crippen LogP contribution in [0.4, 0.5) is 5.13 Å². The van der Waals surface area contributed by atoms with Gasteiger partial charge in [-0.3, -0.25) is 9.59 Å². The fraction of sp³-hybridized carbons (Fsp3) is 0.667. The summed E-state index contributed by atoms with van der Waals surface area (Å²) in [5.74, 6) is -1.45. The predicted octanol–water partition coefficient (Wildman–Crippen LogP) is 3.34. The van der Waals surface area contributed by atoms with Crippen LogP contribution in [0.25, 0.3) is 0 Å². The predicted molar refractivity (Wildman–Crippen MR) is 82.5 cm³/mol. The van der Waals surface area contributed by atoms with E-state index in [9.17, 15) is 14.7 Å². The molecule has 1 heterocycles. The second-order valence-corrected chi connectivity index (χ2v) is 6.88. The molecule has 6 heteroatoms. The van der Waals surface area contributed by atoms with Gasteiger partial charge in [-0.25, -0.2) is 4.98 Å². The molecule has 3 atom stereocenters. The Morgan fingerprint density at radius 1 is 1.43 bits per heavy atom. The molecule has 1 aliphatic rings. The van der Waals surface area contributed by atoms with Crippen LogP contribution < -0.4 is 5.32 Å². The van der Waals surface area contributed by atoms with Crippen LogP contribution in [0, 0.1) is 17.8 Å². The summed E-state index contributed by atoms with van der Waals surface area (Å²) in [6, 6.07) is 0. The molecule has 21 heavy (non-hydrogen) atoms. The molecule has 1 aliphatic carbocycles. The maximum atomic E-state index is 12.4. The first-order valence-corrected chi connectivity index (χ1v) is 8.29. The summed E-state index contributed by atoms with van der Waals surface area (Å²) in [4.78, 5) is 28.1. The van der Waals surface area contributed by atoms with Crippen LogP contribution in [0.15, 0.2) is 5.38 Å². The molecule has 1 aromatic rings. The highest BCUT2D eigenvalue weighted by atomic mass is 32.1. The number of nitrogens with one attached hydrogen (secondary N) is 1. The molecule has 0 aliphatic heterocycles. The molecule has 1 amide bonds. The number of carboxylic acids is 1. The lowest BCUT2D eigenvalue weighted by atomic mass is 9.95. The van der Waals surface area contributed by atoms with Gasteiger partial charge in [0, 0.05) is 5.38 Å². The smallest absolute Gasteiger partial charge is 0.307 e. The average molecular weight is 310 g/mol. The molecule has 0 spiro atoms. The van der Waals surface area contributed by atoms with Gasteiger partial charge in [-0.1, -0.05) is 27.2 Å². The van der Waals surface area contributed by atoms with Crippen molar-refractivity contribution in [3.63, 3.8) is 0 Å². The quantitative estimate of drug-likeness (QED) is 0.874. The number of anilines is 1. The lowest BCUT2D eigenvalue weighted by molar-refractivity contribution is -0.145. The van der Waals surface area contributed by atoms with Gasteiger partial charge in [0.25, 0.3) is 0 Å². The molecule has 0 bridgehead atoms. The number of hydrogen-bond acceptors (Lipinski definition) is 4. The van der Waals surface area contributed by atoms with E-state index in [0.29, 0.717) is 29.8 Å². The van der Waals surface area contributed by atoms with Crippen LogP contribution in [0.3, 0.4) is 0 Å². The third-order valence-electron chi connectivity index (χ3n) is 4.24. The topological polar surface area (TPSA) is 79.3 Å². The zero-order valence-corrected chi connectivity index (χ0v) is 13.4. The molecular weight excluding hydrogens is 288 g/mol. The highest BCUT2D eigenvalue weighted by Crippen LogP contribution is 2.39.